The number of nitriles is 1. The second-order valence-corrected chi connectivity index (χ2v) is 3.50. The molecule has 0 aliphatic rings. The average Bonchev–Trinajstić information content (AvgIpc) is 2.78. The van der Waals surface area contributed by atoms with Gasteiger partial charge in [0.2, 0.25) is 0 Å². The van der Waals surface area contributed by atoms with Gasteiger partial charge in [-0.2, -0.15) is 5.26 Å². The van der Waals surface area contributed by atoms with Gasteiger partial charge in [0, 0.05) is 6.54 Å². The summed E-state index contributed by atoms with van der Waals surface area (Å²) in [5, 5.41) is 19.4. The van der Waals surface area contributed by atoms with Crippen LogP contribution in [-0.4, -0.2) is 15.5 Å². The van der Waals surface area contributed by atoms with Gasteiger partial charge in [-0.15, -0.1) is 0 Å². The molecule has 0 radical (unpaired) electrons. The zero-order valence-corrected chi connectivity index (χ0v) is 11.8. The van der Waals surface area contributed by atoms with Gasteiger partial charge in [-0.05, 0) is 17.7 Å². The number of hydrogen-bond acceptors (Lipinski definition) is 4. The van der Waals surface area contributed by atoms with E-state index in [-0.39, 0.29) is 35.3 Å². The van der Waals surface area contributed by atoms with Crippen molar-refractivity contribution in [3.8, 4) is 6.07 Å². The molecule has 0 unspecified atom stereocenters. The van der Waals surface area contributed by atoms with Crippen molar-refractivity contribution in [2.24, 2.45) is 0 Å². The van der Waals surface area contributed by atoms with E-state index < -0.39 is 5.97 Å². The fraction of sp³-hybridized carbons (Fsp3) is 0.0833. The van der Waals surface area contributed by atoms with Gasteiger partial charge in [0.1, 0.15) is 0 Å². The van der Waals surface area contributed by atoms with Crippen LogP contribution in [0, 0.1) is 11.3 Å². The predicted molar refractivity (Wildman–Crippen MR) is 56.8 cm³/mol. The van der Waals surface area contributed by atoms with Crippen LogP contribution in [-0.2, 0) is 6.54 Å². The molecule has 0 aliphatic heterocycles. The summed E-state index contributed by atoms with van der Waals surface area (Å²) in [6, 6.07) is 8.94. The first-order valence-electron chi connectivity index (χ1n) is 4.91. The van der Waals surface area contributed by atoms with E-state index in [0.717, 1.165) is 5.56 Å². The second-order valence-electron chi connectivity index (χ2n) is 3.50. The van der Waals surface area contributed by atoms with E-state index in [0.29, 0.717) is 12.1 Å². The molecule has 0 saturated heterocycles. The number of nitrogens with zero attached hydrogens (tertiary/aromatic N) is 3. The topological polar surface area (TPSA) is 81.7 Å². The molecular formula is C12H8N3NaO2. The van der Waals surface area contributed by atoms with Crippen molar-refractivity contribution in [2.45, 2.75) is 6.54 Å². The summed E-state index contributed by atoms with van der Waals surface area (Å²) >= 11 is 0. The summed E-state index contributed by atoms with van der Waals surface area (Å²) in [4.78, 5) is 14.5. The Morgan fingerprint density at radius 1 is 1.39 bits per heavy atom. The van der Waals surface area contributed by atoms with Gasteiger partial charge in [0.05, 0.1) is 35.8 Å². The molecule has 0 aliphatic carbocycles. The molecule has 1 aromatic carbocycles. The minimum atomic E-state index is -1.25. The zero-order valence-electron chi connectivity index (χ0n) is 9.83. The van der Waals surface area contributed by atoms with Crippen LogP contribution in [0.25, 0.3) is 0 Å². The van der Waals surface area contributed by atoms with Crippen LogP contribution < -0.4 is 34.7 Å². The van der Waals surface area contributed by atoms with Gasteiger partial charge in [0.15, 0.2) is 0 Å². The van der Waals surface area contributed by atoms with Crippen molar-refractivity contribution >= 4 is 5.97 Å². The number of carboxylic acid groups (broad SMARTS) is 1. The number of carbonyl (C=O) groups is 1. The number of carbonyl (C=O) groups excluding carboxylic acids is 1. The minimum absolute atomic E-state index is 0. The summed E-state index contributed by atoms with van der Waals surface area (Å²) in [5.41, 5.74) is 1.50. The number of hydrogen-bond donors (Lipinski definition) is 0. The van der Waals surface area contributed by atoms with Crippen molar-refractivity contribution in [3.63, 3.8) is 0 Å². The fourth-order valence-electron chi connectivity index (χ4n) is 1.50. The standard InChI is InChI=1S/C12H9N3O2.Na/c13-5-9-1-3-10(4-2-9)7-15-8-14-6-11(15)12(16)17;/h1-4,6,8H,7H2,(H,16,17);/q;+1/p-1. The molecule has 0 saturated carbocycles. The van der Waals surface area contributed by atoms with Crippen LogP contribution in [0.15, 0.2) is 36.8 Å². The summed E-state index contributed by atoms with van der Waals surface area (Å²) < 4.78 is 1.48. The molecule has 18 heavy (non-hydrogen) atoms. The van der Waals surface area contributed by atoms with Crippen LogP contribution in [0.3, 0.4) is 0 Å². The fourth-order valence-corrected chi connectivity index (χ4v) is 1.50. The van der Waals surface area contributed by atoms with Gasteiger partial charge < -0.3 is 14.5 Å². The molecule has 2 rings (SSSR count). The number of imidazole rings is 1. The first-order valence-corrected chi connectivity index (χ1v) is 4.91. The largest absolute Gasteiger partial charge is 1.00 e. The summed E-state index contributed by atoms with van der Waals surface area (Å²) in [6.07, 6.45) is 2.68. The molecule has 2 aromatic rings. The Hall–Kier alpha value is -1.61. The van der Waals surface area contributed by atoms with E-state index in [1.54, 1.807) is 24.3 Å². The predicted octanol–water partition coefficient (Wildman–Crippen LogP) is -2.83. The molecule has 84 valence electrons. The van der Waals surface area contributed by atoms with Crippen LogP contribution in [0.5, 0.6) is 0 Å². The summed E-state index contributed by atoms with van der Waals surface area (Å²) in [5.74, 6) is -1.25. The molecule has 0 N–H and O–H groups in total. The number of benzene rings is 1. The number of rotatable bonds is 3. The van der Waals surface area contributed by atoms with Crippen molar-refractivity contribution in [3.05, 3.63) is 53.6 Å². The molecule has 0 spiro atoms. The quantitative estimate of drug-likeness (QED) is 0.549. The minimum Gasteiger partial charge on any atom is -0.543 e. The molecule has 1 heterocycles. The second kappa shape index (κ2) is 6.36. The van der Waals surface area contributed by atoms with Crippen molar-refractivity contribution < 1.29 is 39.5 Å². The van der Waals surface area contributed by atoms with Gasteiger partial charge >= 0.3 is 29.6 Å². The summed E-state index contributed by atoms with van der Waals surface area (Å²) in [7, 11) is 0. The Kier molecular flexibility index (Phi) is 5.10. The van der Waals surface area contributed by atoms with Crippen LogP contribution >= 0.6 is 0 Å². The maximum atomic E-state index is 10.8. The monoisotopic (exact) mass is 249 g/mol. The van der Waals surface area contributed by atoms with E-state index in [1.165, 1.54) is 17.1 Å². The maximum Gasteiger partial charge on any atom is 1.00 e. The smallest absolute Gasteiger partial charge is 0.543 e. The number of aromatic carboxylic acids is 1. The van der Waals surface area contributed by atoms with Crippen LogP contribution in [0.1, 0.15) is 21.6 Å². The third kappa shape index (κ3) is 3.20. The zero-order chi connectivity index (χ0) is 12.3. The molecule has 1 aromatic heterocycles. The van der Waals surface area contributed by atoms with Gasteiger partial charge in [-0.1, -0.05) is 12.1 Å². The molecule has 5 nitrogen and oxygen atoms in total. The van der Waals surface area contributed by atoms with E-state index in [4.69, 9.17) is 5.26 Å². The van der Waals surface area contributed by atoms with Crippen molar-refractivity contribution in [1.82, 2.24) is 9.55 Å². The average molecular weight is 249 g/mol. The van der Waals surface area contributed by atoms with E-state index in [2.05, 4.69) is 4.98 Å². The Labute approximate surface area is 126 Å². The van der Waals surface area contributed by atoms with Gasteiger partial charge in [-0.3, -0.25) is 0 Å². The van der Waals surface area contributed by atoms with Crippen LogP contribution in [0.2, 0.25) is 0 Å². The molecular weight excluding hydrogens is 241 g/mol. The number of aromatic nitrogens is 2. The maximum absolute atomic E-state index is 10.8. The first-order chi connectivity index (χ1) is 8.20. The SMILES string of the molecule is N#Cc1ccc(Cn2cncc2C(=O)[O-])cc1.[Na+]. The van der Waals surface area contributed by atoms with E-state index >= 15 is 0 Å². The third-order valence-corrected chi connectivity index (χ3v) is 2.36. The number of carboxylic acids is 1. The van der Waals surface area contributed by atoms with Crippen molar-refractivity contribution in [2.75, 3.05) is 0 Å². The third-order valence-electron chi connectivity index (χ3n) is 2.36. The van der Waals surface area contributed by atoms with Crippen molar-refractivity contribution in [1.29, 1.82) is 5.26 Å². The first kappa shape index (κ1) is 14.5. The molecule has 0 amide bonds. The normalized spacial score (nSPS) is 9.28. The molecule has 6 heteroatoms. The van der Waals surface area contributed by atoms with Gasteiger partial charge in [-0.25, -0.2) is 4.98 Å². The molecule has 0 atom stereocenters. The Balaban J connectivity index is 0.00000162. The van der Waals surface area contributed by atoms with Gasteiger partial charge in [0.25, 0.3) is 0 Å². The Morgan fingerprint density at radius 2 is 2.06 bits per heavy atom. The Bertz CT molecular complexity index is 584. The Morgan fingerprint density at radius 3 is 2.61 bits per heavy atom. The van der Waals surface area contributed by atoms with E-state index in [9.17, 15) is 9.90 Å². The van der Waals surface area contributed by atoms with Crippen LogP contribution in [0.4, 0.5) is 0 Å². The van der Waals surface area contributed by atoms with E-state index in [1.807, 2.05) is 6.07 Å². The summed E-state index contributed by atoms with van der Waals surface area (Å²) in [6.45, 7) is 0.384. The molecule has 0 bridgehead atoms. The molecule has 0 fully saturated rings.